The van der Waals surface area contributed by atoms with Crippen LogP contribution in [-0.2, 0) is 6.54 Å². The monoisotopic (exact) mass is 252 g/mol. The molecule has 18 heavy (non-hydrogen) atoms. The highest BCUT2D eigenvalue weighted by Crippen LogP contribution is 2.17. The Hall–Kier alpha value is -1.33. The van der Waals surface area contributed by atoms with Crippen LogP contribution in [0.3, 0.4) is 0 Å². The Balaban J connectivity index is 1.97. The van der Waals surface area contributed by atoms with Gasteiger partial charge in [-0.25, -0.2) is 4.79 Å². The zero-order chi connectivity index (χ0) is 13.0. The minimum atomic E-state index is -0.935. The van der Waals surface area contributed by atoms with E-state index in [-0.39, 0.29) is 5.56 Å². The minimum absolute atomic E-state index is 0.228. The lowest BCUT2D eigenvalue weighted by Gasteiger charge is -2.33. The maximum atomic E-state index is 10.8. The van der Waals surface area contributed by atoms with Crippen LogP contribution in [0.1, 0.15) is 35.9 Å². The van der Waals surface area contributed by atoms with Gasteiger partial charge in [0.25, 0.3) is 0 Å². The molecule has 0 saturated carbocycles. The smallest absolute Gasteiger partial charge is 0.338 e. The fourth-order valence-electron chi connectivity index (χ4n) is 2.45. The molecule has 1 aliphatic rings. The number of carbonyl (C=O) groups is 1. The van der Waals surface area contributed by atoms with Crippen LogP contribution in [0.4, 0.5) is 0 Å². The van der Waals surface area contributed by atoms with Gasteiger partial charge in [0.15, 0.2) is 0 Å². The largest absolute Gasteiger partial charge is 0.478 e. The third-order valence-electron chi connectivity index (χ3n) is 3.49. The maximum Gasteiger partial charge on any atom is 0.338 e. The van der Waals surface area contributed by atoms with E-state index in [2.05, 4.69) is 17.1 Å². The third kappa shape index (κ3) is 3.11. The molecular weight excluding hydrogens is 232 g/mol. The molecule has 0 radical (unpaired) electrons. The van der Waals surface area contributed by atoms with Crippen LogP contribution in [0.5, 0.6) is 0 Å². The number of rotatable bonds is 5. The number of carboxylic acids is 1. The lowest BCUT2D eigenvalue weighted by molar-refractivity contribution is 0.0696. The highest BCUT2D eigenvalue weighted by atomic mass is 16.4. The summed E-state index contributed by atoms with van der Waals surface area (Å²) in [6.45, 7) is 5.88. The lowest BCUT2D eigenvalue weighted by atomic mass is 10.0. The number of carboxylic acid groups (broad SMARTS) is 1. The van der Waals surface area contributed by atoms with E-state index in [4.69, 9.17) is 9.52 Å². The molecule has 2 heterocycles. The van der Waals surface area contributed by atoms with Gasteiger partial charge in [-0.3, -0.25) is 4.90 Å². The summed E-state index contributed by atoms with van der Waals surface area (Å²) in [7, 11) is 0. The van der Waals surface area contributed by atoms with E-state index in [0.29, 0.717) is 12.6 Å². The van der Waals surface area contributed by atoms with E-state index >= 15 is 0 Å². The van der Waals surface area contributed by atoms with Crippen molar-refractivity contribution in [2.45, 2.75) is 32.4 Å². The molecule has 1 fully saturated rings. The highest BCUT2D eigenvalue weighted by molar-refractivity contribution is 5.87. The molecule has 100 valence electrons. The Morgan fingerprint density at radius 1 is 1.56 bits per heavy atom. The topological polar surface area (TPSA) is 65.7 Å². The molecule has 5 nitrogen and oxygen atoms in total. The number of aromatic carboxylic acids is 1. The second kappa shape index (κ2) is 6.02. The van der Waals surface area contributed by atoms with Crippen LogP contribution in [0, 0.1) is 0 Å². The average molecular weight is 252 g/mol. The molecule has 0 bridgehead atoms. The summed E-state index contributed by atoms with van der Waals surface area (Å²) >= 11 is 0. The molecule has 0 aliphatic carbocycles. The zero-order valence-electron chi connectivity index (χ0n) is 10.7. The van der Waals surface area contributed by atoms with Crippen molar-refractivity contribution < 1.29 is 14.3 Å². The molecule has 1 saturated heterocycles. The van der Waals surface area contributed by atoms with Crippen LogP contribution < -0.4 is 5.32 Å². The van der Waals surface area contributed by atoms with E-state index in [1.54, 1.807) is 6.07 Å². The second-order valence-corrected chi connectivity index (χ2v) is 4.65. The van der Waals surface area contributed by atoms with Crippen LogP contribution in [0.15, 0.2) is 16.7 Å². The molecule has 1 aliphatic heterocycles. The molecule has 5 heteroatoms. The molecule has 2 rings (SSSR count). The summed E-state index contributed by atoms with van der Waals surface area (Å²) in [5.41, 5.74) is 0.228. The second-order valence-electron chi connectivity index (χ2n) is 4.65. The summed E-state index contributed by atoms with van der Waals surface area (Å²) in [5.74, 6) is -0.206. The predicted molar refractivity (Wildman–Crippen MR) is 67.6 cm³/mol. The van der Waals surface area contributed by atoms with Gasteiger partial charge in [0.1, 0.15) is 12.0 Å². The molecule has 0 spiro atoms. The van der Waals surface area contributed by atoms with Crippen molar-refractivity contribution in [2.24, 2.45) is 0 Å². The van der Waals surface area contributed by atoms with Gasteiger partial charge in [0.2, 0.25) is 0 Å². The molecule has 2 N–H and O–H groups in total. The van der Waals surface area contributed by atoms with Gasteiger partial charge in [0, 0.05) is 6.04 Å². The SMILES string of the molecule is CCN(Cc1cc(C(=O)O)co1)C1CCNCC1. The van der Waals surface area contributed by atoms with E-state index in [1.165, 1.54) is 6.26 Å². The first-order valence-corrected chi connectivity index (χ1v) is 6.46. The van der Waals surface area contributed by atoms with Crippen molar-refractivity contribution >= 4 is 5.97 Å². The van der Waals surface area contributed by atoms with Crippen LogP contribution in [-0.4, -0.2) is 41.7 Å². The normalized spacial score (nSPS) is 17.2. The molecule has 1 aromatic rings. The van der Waals surface area contributed by atoms with Gasteiger partial charge < -0.3 is 14.8 Å². The third-order valence-corrected chi connectivity index (χ3v) is 3.49. The highest BCUT2D eigenvalue weighted by Gasteiger charge is 2.21. The van der Waals surface area contributed by atoms with Crippen molar-refractivity contribution in [3.8, 4) is 0 Å². The molecule has 0 unspecified atom stereocenters. The number of furan rings is 1. The van der Waals surface area contributed by atoms with Gasteiger partial charge >= 0.3 is 5.97 Å². The van der Waals surface area contributed by atoms with Gasteiger partial charge in [-0.05, 0) is 38.5 Å². The van der Waals surface area contributed by atoms with Gasteiger partial charge in [-0.15, -0.1) is 0 Å². The van der Waals surface area contributed by atoms with Crippen LogP contribution >= 0.6 is 0 Å². The van der Waals surface area contributed by atoms with Crippen LogP contribution in [0.2, 0.25) is 0 Å². The van der Waals surface area contributed by atoms with Crippen molar-refractivity contribution in [1.82, 2.24) is 10.2 Å². The number of piperidine rings is 1. The molecule has 1 aromatic heterocycles. The Kier molecular flexibility index (Phi) is 4.38. The van der Waals surface area contributed by atoms with Crippen LogP contribution in [0.25, 0.3) is 0 Å². The van der Waals surface area contributed by atoms with E-state index in [1.807, 2.05) is 0 Å². The molecular formula is C13H20N2O3. The number of hydrogen-bond donors (Lipinski definition) is 2. The first-order chi connectivity index (χ1) is 8.70. The summed E-state index contributed by atoms with van der Waals surface area (Å²) in [5, 5.41) is 12.2. The molecule has 0 atom stereocenters. The quantitative estimate of drug-likeness (QED) is 0.832. The summed E-state index contributed by atoms with van der Waals surface area (Å²) in [6.07, 6.45) is 3.59. The first kappa shape index (κ1) is 13.1. The van der Waals surface area contributed by atoms with Crippen molar-refractivity contribution in [2.75, 3.05) is 19.6 Å². The van der Waals surface area contributed by atoms with Crippen molar-refractivity contribution in [1.29, 1.82) is 0 Å². The summed E-state index contributed by atoms with van der Waals surface area (Å²) in [6, 6.07) is 2.18. The maximum absolute atomic E-state index is 10.8. The van der Waals surface area contributed by atoms with Crippen molar-refractivity contribution in [3.05, 3.63) is 23.7 Å². The Labute approximate surface area is 107 Å². The summed E-state index contributed by atoms with van der Waals surface area (Å²) in [4.78, 5) is 13.1. The average Bonchev–Trinajstić information content (AvgIpc) is 2.86. The van der Waals surface area contributed by atoms with Gasteiger partial charge in [-0.1, -0.05) is 6.92 Å². The number of nitrogens with zero attached hydrogens (tertiary/aromatic N) is 1. The molecule has 0 aromatic carbocycles. The Morgan fingerprint density at radius 3 is 2.83 bits per heavy atom. The standard InChI is InChI=1S/C13H20N2O3/c1-2-15(11-3-5-14-6-4-11)8-12-7-10(9-18-12)13(16)17/h7,9,11,14H,2-6,8H2,1H3,(H,16,17). The minimum Gasteiger partial charge on any atom is -0.478 e. The predicted octanol–water partition coefficient (Wildman–Crippen LogP) is 1.55. The number of hydrogen-bond acceptors (Lipinski definition) is 4. The zero-order valence-corrected chi connectivity index (χ0v) is 10.7. The van der Waals surface area contributed by atoms with E-state index in [0.717, 1.165) is 38.2 Å². The van der Waals surface area contributed by atoms with Gasteiger partial charge in [-0.2, -0.15) is 0 Å². The Bertz CT molecular complexity index is 397. The fraction of sp³-hybridized carbons (Fsp3) is 0.615. The van der Waals surface area contributed by atoms with E-state index in [9.17, 15) is 4.79 Å². The Morgan fingerprint density at radius 2 is 2.28 bits per heavy atom. The molecule has 0 amide bonds. The number of nitrogens with one attached hydrogen (secondary N) is 1. The fourth-order valence-corrected chi connectivity index (χ4v) is 2.45. The first-order valence-electron chi connectivity index (χ1n) is 6.46. The van der Waals surface area contributed by atoms with Gasteiger partial charge in [0.05, 0.1) is 12.1 Å². The van der Waals surface area contributed by atoms with Crippen molar-refractivity contribution in [3.63, 3.8) is 0 Å². The van der Waals surface area contributed by atoms with E-state index < -0.39 is 5.97 Å². The summed E-state index contributed by atoms with van der Waals surface area (Å²) < 4.78 is 5.31. The lowest BCUT2D eigenvalue weighted by Crippen LogP contribution is -2.42.